The number of nitrogens with zero attached hydrogens (tertiary/aromatic N) is 1. The summed E-state index contributed by atoms with van der Waals surface area (Å²) >= 11 is 0. The number of hydrogen-bond acceptors (Lipinski definition) is 2. The summed E-state index contributed by atoms with van der Waals surface area (Å²) < 4.78 is 24.5. The van der Waals surface area contributed by atoms with E-state index in [0.29, 0.717) is 18.7 Å². The molecule has 1 amide bonds. The van der Waals surface area contributed by atoms with Crippen LogP contribution in [-0.4, -0.2) is 23.8 Å². The van der Waals surface area contributed by atoms with Crippen LogP contribution in [0.1, 0.15) is 11.1 Å². The van der Waals surface area contributed by atoms with E-state index in [9.17, 15) is 13.6 Å². The van der Waals surface area contributed by atoms with Crippen LogP contribution in [0.5, 0.6) is 0 Å². The molecule has 1 aliphatic rings. The van der Waals surface area contributed by atoms with Crippen molar-refractivity contribution in [2.24, 2.45) is 0 Å². The lowest BCUT2D eigenvalue weighted by molar-refractivity contribution is -0.143. The zero-order valence-electron chi connectivity index (χ0n) is 8.62. The minimum Gasteiger partial charge on any atom is -0.398 e. The number of nitrogen functional groups attached to an aromatic ring is 1. The molecule has 0 aliphatic carbocycles. The number of hydrogen-bond donors (Lipinski definition) is 1. The molecule has 1 aliphatic heterocycles. The zero-order chi connectivity index (χ0) is 11.7. The van der Waals surface area contributed by atoms with Gasteiger partial charge in [-0.2, -0.15) is 8.78 Å². The van der Waals surface area contributed by atoms with Crippen LogP contribution in [0.15, 0.2) is 18.2 Å². The number of nitrogens with two attached hydrogens (primary N) is 1. The number of alkyl halides is 2. The molecule has 0 radical (unpaired) electrons. The number of halogens is 2. The van der Waals surface area contributed by atoms with Crippen LogP contribution < -0.4 is 5.73 Å². The fraction of sp³-hybridized carbons (Fsp3) is 0.364. The number of fused-ring (bicyclic) bond motifs is 1. The standard InChI is InChI=1S/C11H12F2N2O/c12-10(13)11(16)15-5-4-8-7(6-15)2-1-3-9(8)14/h1-3,10H,4-6,14H2. The van der Waals surface area contributed by atoms with Gasteiger partial charge in [0, 0.05) is 18.8 Å². The summed E-state index contributed by atoms with van der Waals surface area (Å²) in [6, 6.07) is 5.37. The summed E-state index contributed by atoms with van der Waals surface area (Å²) in [5.74, 6) is -1.10. The highest BCUT2D eigenvalue weighted by atomic mass is 19.3. The van der Waals surface area contributed by atoms with Gasteiger partial charge in [0.15, 0.2) is 0 Å². The van der Waals surface area contributed by atoms with Crippen LogP contribution in [0.2, 0.25) is 0 Å². The summed E-state index contributed by atoms with van der Waals surface area (Å²) in [7, 11) is 0. The van der Waals surface area contributed by atoms with E-state index >= 15 is 0 Å². The number of anilines is 1. The Labute approximate surface area is 91.8 Å². The van der Waals surface area contributed by atoms with E-state index in [4.69, 9.17) is 5.73 Å². The van der Waals surface area contributed by atoms with Crippen LogP contribution in [0.4, 0.5) is 14.5 Å². The van der Waals surface area contributed by atoms with Crippen LogP contribution in [-0.2, 0) is 17.8 Å². The van der Waals surface area contributed by atoms with Crippen molar-refractivity contribution in [1.29, 1.82) is 0 Å². The first-order valence-electron chi connectivity index (χ1n) is 5.03. The van der Waals surface area contributed by atoms with Gasteiger partial charge in [-0.3, -0.25) is 4.79 Å². The molecule has 0 saturated heterocycles. The van der Waals surface area contributed by atoms with Crippen molar-refractivity contribution >= 4 is 11.6 Å². The van der Waals surface area contributed by atoms with Gasteiger partial charge in [-0.05, 0) is 23.6 Å². The second-order valence-electron chi connectivity index (χ2n) is 3.80. The Morgan fingerprint density at radius 3 is 2.88 bits per heavy atom. The predicted molar refractivity (Wildman–Crippen MR) is 56.0 cm³/mol. The monoisotopic (exact) mass is 226 g/mol. The van der Waals surface area contributed by atoms with Crippen molar-refractivity contribution in [2.75, 3.05) is 12.3 Å². The third kappa shape index (κ3) is 1.85. The van der Waals surface area contributed by atoms with Gasteiger partial charge in [0.25, 0.3) is 5.91 Å². The van der Waals surface area contributed by atoms with Crippen LogP contribution in [0.25, 0.3) is 0 Å². The highest BCUT2D eigenvalue weighted by Gasteiger charge is 2.27. The normalized spacial score (nSPS) is 15.1. The number of carbonyl (C=O) groups excluding carboxylic acids is 1. The average Bonchev–Trinajstić information content (AvgIpc) is 2.28. The largest absolute Gasteiger partial charge is 0.398 e. The van der Waals surface area contributed by atoms with Gasteiger partial charge in [0.1, 0.15) is 0 Å². The lowest BCUT2D eigenvalue weighted by Gasteiger charge is -2.29. The van der Waals surface area contributed by atoms with Crippen LogP contribution in [0.3, 0.4) is 0 Å². The number of benzene rings is 1. The van der Waals surface area contributed by atoms with Gasteiger partial charge < -0.3 is 10.6 Å². The fourth-order valence-electron chi connectivity index (χ4n) is 1.97. The average molecular weight is 226 g/mol. The Kier molecular flexibility index (Phi) is 2.77. The third-order valence-electron chi connectivity index (χ3n) is 2.80. The van der Waals surface area contributed by atoms with E-state index in [1.807, 2.05) is 6.07 Å². The molecule has 0 fully saturated rings. The summed E-state index contributed by atoms with van der Waals surface area (Å²) in [4.78, 5) is 12.3. The van der Waals surface area contributed by atoms with Crippen LogP contribution in [0, 0.1) is 0 Å². The second kappa shape index (κ2) is 4.08. The van der Waals surface area contributed by atoms with Gasteiger partial charge in [-0.25, -0.2) is 0 Å². The number of rotatable bonds is 1. The van der Waals surface area contributed by atoms with Crippen molar-refractivity contribution in [3.63, 3.8) is 0 Å². The first kappa shape index (κ1) is 10.9. The first-order chi connectivity index (χ1) is 7.59. The van der Waals surface area contributed by atoms with Gasteiger partial charge in [-0.1, -0.05) is 12.1 Å². The zero-order valence-corrected chi connectivity index (χ0v) is 8.62. The molecule has 1 aromatic carbocycles. The van der Waals surface area contributed by atoms with Crippen LogP contribution >= 0.6 is 0 Å². The molecule has 0 bridgehead atoms. The second-order valence-corrected chi connectivity index (χ2v) is 3.80. The van der Waals surface area contributed by atoms with E-state index in [2.05, 4.69) is 0 Å². The van der Waals surface area contributed by atoms with Crippen molar-refractivity contribution in [3.8, 4) is 0 Å². The van der Waals surface area contributed by atoms with E-state index in [1.54, 1.807) is 12.1 Å². The van der Waals surface area contributed by atoms with E-state index < -0.39 is 12.3 Å². The fourth-order valence-corrected chi connectivity index (χ4v) is 1.97. The minimum atomic E-state index is -2.93. The maximum atomic E-state index is 12.3. The van der Waals surface area contributed by atoms with E-state index in [1.165, 1.54) is 4.90 Å². The van der Waals surface area contributed by atoms with Crippen molar-refractivity contribution in [3.05, 3.63) is 29.3 Å². The molecule has 0 unspecified atom stereocenters. The van der Waals surface area contributed by atoms with Crippen molar-refractivity contribution in [2.45, 2.75) is 19.4 Å². The molecular formula is C11H12F2N2O. The molecule has 3 nitrogen and oxygen atoms in total. The topological polar surface area (TPSA) is 46.3 Å². The highest BCUT2D eigenvalue weighted by molar-refractivity contribution is 5.79. The molecule has 0 saturated carbocycles. The van der Waals surface area contributed by atoms with Gasteiger partial charge in [-0.15, -0.1) is 0 Å². The summed E-state index contributed by atoms with van der Waals surface area (Å²) in [6.07, 6.45) is -2.39. The molecule has 16 heavy (non-hydrogen) atoms. The first-order valence-corrected chi connectivity index (χ1v) is 5.03. The molecule has 2 rings (SSSR count). The predicted octanol–water partition coefficient (Wildman–Crippen LogP) is 1.42. The summed E-state index contributed by atoms with van der Waals surface area (Å²) in [5.41, 5.74) is 8.27. The Balaban J connectivity index is 2.21. The molecule has 1 aromatic rings. The van der Waals surface area contributed by atoms with Gasteiger partial charge in [0.05, 0.1) is 0 Å². The smallest absolute Gasteiger partial charge is 0.315 e. The maximum Gasteiger partial charge on any atom is 0.315 e. The molecule has 0 aromatic heterocycles. The lowest BCUT2D eigenvalue weighted by Crippen LogP contribution is -2.39. The number of amides is 1. The Bertz CT molecular complexity index is 420. The van der Waals surface area contributed by atoms with E-state index in [-0.39, 0.29) is 6.54 Å². The minimum absolute atomic E-state index is 0.226. The maximum absolute atomic E-state index is 12.3. The SMILES string of the molecule is Nc1cccc2c1CCN(C(=O)C(F)F)C2. The Morgan fingerprint density at radius 1 is 1.44 bits per heavy atom. The summed E-state index contributed by atoms with van der Waals surface area (Å²) in [5, 5.41) is 0. The van der Waals surface area contributed by atoms with Crippen molar-refractivity contribution < 1.29 is 13.6 Å². The molecule has 2 N–H and O–H groups in total. The highest BCUT2D eigenvalue weighted by Crippen LogP contribution is 2.24. The van der Waals surface area contributed by atoms with Gasteiger partial charge >= 0.3 is 6.43 Å². The van der Waals surface area contributed by atoms with Crippen molar-refractivity contribution in [1.82, 2.24) is 4.90 Å². The molecule has 0 spiro atoms. The van der Waals surface area contributed by atoms with Gasteiger partial charge in [0.2, 0.25) is 0 Å². The Hall–Kier alpha value is -1.65. The lowest BCUT2D eigenvalue weighted by atomic mass is 9.98. The molecule has 1 heterocycles. The molecular weight excluding hydrogens is 214 g/mol. The summed E-state index contributed by atoms with van der Waals surface area (Å²) in [6.45, 7) is 0.536. The Morgan fingerprint density at radius 2 is 2.19 bits per heavy atom. The molecule has 86 valence electrons. The third-order valence-corrected chi connectivity index (χ3v) is 2.80. The quantitative estimate of drug-likeness (QED) is 0.736. The molecule has 0 atom stereocenters. The number of carbonyl (C=O) groups is 1. The van der Waals surface area contributed by atoms with E-state index in [0.717, 1.165) is 11.1 Å². The molecule has 5 heteroatoms.